The molecule has 0 aliphatic heterocycles. The predicted octanol–water partition coefficient (Wildman–Crippen LogP) is 14.1. The highest BCUT2D eigenvalue weighted by Gasteiger charge is 2.23. The van der Waals surface area contributed by atoms with Gasteiger partial charge in [-0.3, -0.25) is 0 Å². The second-order valence-electron chi connectivity index (χ2n) is 13.9. The fraction of sp³-hybridized carbons (Fsp3) is 0. The van der Waals surface area contributed by atoms with Gasteiger partial charge >= 0.3 is 0 Å². The lowest BCUT2D eigenvalue weighted by Gasteiger charge is -2.12. The summed E-state index contributed by atoms with van der Waals surface area (Å²) in [6.07, 6.45) is 0. The van der Waals surface area contributed by atoms with E-state index >= 15 is 0 Å². The number of thiophene rings is 1. The number of fused-ring (bicyclic) bond motifs is 6. The van der Waals surface area contributed by atoms with E-state index in [0.717, 1.165) is 71.7 Å². The maximum atomic E-state index is 6.41. The Morgan fingerprint density at radius 2 is 0.875 bits per heavy atom. The monoisotopic (exact) mass is 733 g/mol. The number of furan rings is 1. The molecule has 8 aromatic carbocycles. The van der Waals surface area contributed by atoms with Crippen molar-refractivity contribution in [2.24, 2.45) is 0 Å². The van der Waals surface area contributed by atoms with Crippen molar-refractivity contribution < 1.29 is 4.42 Å². The third-order valence-electron chi connectivity index (χ3n) is 10.5. The van der Waals surface area contributed by atoms with Crippen molar-refractivity contribution in [3.05, 3.63) is 188 Å². The first kappa shape index (κ1) is 32.2. The molecule has 3 aromatic heterocycles. The summed E-state index contributed by atoms with van der Waals surface area (Å²) in [5.74, 6) is 1.90. The van der Waals surface area contributed by atoms with Gasteiger partial charge in [-0.25, -0.2) is 15.0 Å². The molecule has 56 heavy (non-hydrogen) atoms. The normalized spacial score (nSPS) is 11.6. The molecule has 0 radical (unpaired) electrons. The maximum Gasteiger partial charge on any atom is 0.164 e. The molecule has 0 N–H and O–H groups in total. The number of para-hydroxylation sites is 1. The summed E-state index contributed by atoms with van der Waals surface area (Å²) in [5.41, 5.74) is 11.5. The van der Waals surface area contributed by atoms with Gasteiger partial charge in [-0.2, -0.15) is 0 Å². The minimum Gasteiger partial charge on any atom is -0.456 e. The zero-order valence-corrected chi connectivity index (χ0v) is 30.9. The van der Waals surface area contributed by atoms with E-state index in [2.05, 4.69) is 140 Å². The summed E-state index contributed by atoms with van der Waals surface area (Å²) in [5, 5.41) is 4.49. The van der Waals surface area contributed by atoms with Gasteiger partial charge in [0.15, 0.2) is 17.5 Å². The van der Waals surface area contributed by atoms with Crippen molar-refractivity contribution in [3.63, 3.8) is 0 Å². The molecular formula is C51H31N3OS. The Labute approximate surface area is 327 Å². The highest BCUT2D eigenvalue weighted by atomic mass is 32.1. The smallest absolute Gasteiger partial charge is 0.164 e. The number of rotatable bonds is 6. The third kappa shape index (κ3) is 5.40. The van der Waals surface area contributed by atoms with Gasteiger partial charge in [0.25, 0.3) is 0 Å². The molecule has 0 saturated carbocycles. The Morgan fingerprint density at radius 1 is 0.321 bits per heavy atom. The van der Waals surface area contributed by atoms with E-state index in [1.54, 1.807) is 0 Å². The van der Waals surface area contributed by atoms with Crippen LogP contribution in [0.1, 0.15) is 0 Å². The largest absolute Gasteiger partial charge is 0.456 e. The average Bonchev–Trinajstić information content (AvgIpc) is 3.86. The number of aromatic nitrogens is 3. The second-order valence-corrected chi connectivity index (χ2v) is 14.9. The highest BCUT2D eigenvalue weighted by Crippen LogP contribution is 2.50. The number of hydrogen-bond donors (Lipinski definition) is 0. The Bertz CT molecular complexity index is 3170. The van der Waals surface area contributed by atoms with Crippen LogP contribution in [-0.4, -0.2) is 15.0 Å². The van der Waals surface area contributed by atoms with E-state index < -0.39 is 0 Å². The van der Waals surface area contributed by atoms with E-state index in [9.17, 15) is 0 Å². The summed E-state index contributed by atoms with van der Waals surface area (Å²) in [6.45, 7) is 0. The molecule has 11 rings (SSSR count). The number of benzene rings is 8. The summed E-state index contributed by atoms with van der Waals surface area (Å²) in [7, 11) is 0. The van der Waals surface area contributed by atoms with Crippen LogP contribution in [0.2, 0.25) is 0 Å². The molecule has 0 bridgehead atoms. The fourth-order valence-electron chi connectivity index (χ4n) is 7.94. The summed E-state index contributed by atoms with van der Waals surface area (Å²) < 4.78 is 8.79. The SMILES string of the molecule is c1ccc(-c2cc(-c3ccccc3)c3sc4c(-c5cccc6oc7ccccc7c56)ccc(-c5nc(-c6ccccc6)nc(-c6ccccc6)n5)c4c3c2)cc1. The number of nitrogens with zero attached hydrogens (tertiary/aromatic N) is 3. The van der Waals surface area contributed by atoms with Crippen LogP contribution in [0.3, 0.4) is 0 Å². The Hall–Kier alpha value is -7.21. The van der Waals surface area contributed by atoms with Crippen LogP contribution in [-0.2, 0) is 0 Å². The second kappa shape index (κ2) is 13.3. The quantitative estimate of drug-likeness (QED) is 0.171. The molecule has 5 heteroatoms. The summed E-state index contributed by atoms with van der Waals surface area (Å²) in [6, 6.07) is 65.6. The first-order valence-electron chi connectivity index (χ1n) is 18.7. The molecule has 0 atom stereocenters. The number of hydrogen-bond acceptors (Lipinski definition) is 5. The van der Waals surface area contributed by atoms with Crippen molar-refractivity contribution in [1.29, 1.82) is 0 Å². The zero-order chi connectivity index (χ0) is 37.0. The molecule has 0 aliphatic carbocycles. The van der Waals surface area contributed by atoms with Crippen molar-refractivity contribution in [3.8, 4) is 67.5 Å². The lowest BCUT2D eigenvalue weighted by atomic mass is 9.92. The van der Waals surface area contributed by atoms with Gasteiger partial charge < -0.3 is 4.42 Å². The molecule has 0 amide bonds. The van der Waals surface area contributed by atoms with Crippen LogP contribution in [0, 0.1) is 0 Å². The highest BCUT2D eigenvalue weighted by molar-refractivity contribution is 7.27. The van der Waals surface area contributed by atoms with Crippen molar-refractivity contribution in [2.45, 2.75) is 0 Å². The molecule has 0 fully saturated rings. The molecule has 11 aromatic rings. The van der Waals surface area contributed by atoms with Crippen LogP contribution in [0.4, 0.5) is 0 Å². The molecule has 3 heterocycles. The summed E-state index contributed by atoms with van der Waals surface area (Å²) in [4.78, 5) is 15.5. The Morgan fingerprint density at radius 3 is 1.55 bits per heavy atom. The van der Waals surface area contributed by atoms with Crippen LogP contribution < -0.4 is 0 Å². The predicted molar refractivity (Wildman–Crippen MR) is 233 cm³/mol. The fourth-order valence-corrected chi connectivity index (χ4v) is 9.31. The van der Waals surface area contributed by atoms with Crippen LogP contribution in [0.5, 0.6) is 0 Å². The maximum absolute atomic E-state index is 6.41. The van der Waals surface area contributed by atoms with Gasteiger partial charge in [0.05, 0.1) is 0 Å². The third-order valence-corrected chi connectivity index (χ3v) is 11.8. The van der Waals surface area contributed by atoms with Crippen molar-refractivity contribution >= 4 is 53.4 Å². The molecular weight excluding hydrogens is 703 g/mol. The van der Waals surface area contributed by atoms with Gasteiger partial charge in [0.1, 0.15) is 11.2 Å². The minimum atomic E-state index is 0.632. The molecule has 262 valence electrons. The molecule has 0 spiro atoms. The first-order chi connectivity index (χ1) is 27.8. The average molecular weight is 734 g/mol. The van der Waals surface area contributed by atoms with E-state index in [0.29, 0.717) is 17.5 Å². The van der Waals surface area contributed by atoms with Gasteiger partial charge in [0.2, 0.25) is 0 Å². The molecule has 4 nitrogen and oxygen atoms in total. The Kier molecular flexibility index (Phi) is 7.64. The van der Waals surface area contributed by atoms with Gasteiger partial charge in [-0.05, 0) is 52.6 Å². The van der Waals surface area contributed by atoms with Crippen molar-refractivity contribution in [1.82, 2.24) is 15.0 Å². The van der Waals surface area contributed by atoms with E-state index in [1.807, 2.05) is 59.9 Å². The van der Waals surface area contributed by atoms with Gasteiger partial charge in [-0.15, -0.1) is 11.3 Å². The standard InChI is InChI=1S/C51H31N3OS/c1-5-16-32(17-6-1)36-30-41(33-18-7-2-8-19-33)47-42(31-36)46-40(51-53-49(34-20-9-3-10-21-34)52-50(54-51)35-22-11-4-12-23-35)29-28-38(48(46)56-47)37-25-15-27-44-45(37)39-24-13-14-26-43(39)55-44/h1-31H. The lowest BCUT2D eigenvalue weighted by Crippen LogP contribution is -2.00. The van der Waals surface area contributed by atoms with E-state index in [-0.39, 0.29) is 0 Å². The molecule has 0 saturated heterocycles. The van der Waals surface area contributed by atoms with E-state index in [4.69, 9.17) is 19.4 Å². The Balaban J connectivity index is 1.28. The van der Waals surface area contributed by atoms with E-state index in [1.165, 1.54) is 20.5 Å². The molecule has 0 aliphatic rings. The van der Waals surface area contributed by atoms with Crippen LogP contribution in [0.25, 0.3) is 110 Å². The van der Waals surface area contributed by atoms with Crippen molar-refractivity contribution in [2.75, 3.05) is 0 Å². The zero-order valence-electron chi connectivity index (χ0n) is 30.1. The van der Waals surface area contributed by atoms with Crippen LogP contribution in [0.15, 0.2) is 192 Å². The molecule has 0 unspecified atom stereocenters. The first-order valence-corrected chi connectivity index (χ1v) is 19.5. The minimum absolute atomic E-state index is 0.632. The van der Waals surface area contributed by atoms with Gasteiger partial charge in [0, 0.05) is 58.8 Å². The van der Waals surface area contributed by atoms with Crippen LogP contribution >= 0.6 is 11.3 Å². The lowest BCUT2D eigenvalue weighted by molar-refractivity contribution is 0.669. The topological polar surface area (TPSA) is 51.8 Å². The van der Waals surface area contributed by atoms with Gasteiger partial charge in [-0.1, -0.05) is 158 Å². The summed E-state index contributed by atoms with van der Waals surface area (Å²) >= 11 is 1.83.